The summed E-state index contributed by atoms with van der Waals surface area (Å²) in [6.07, 6.45) is 3.03. The van der Waals surface area contributed by atoms with Gasteiger partial charge in [-0.3, -0.25) is 14.4 Å². The van der Waals surface area contributed by atoms with E-state index in [0.29, 0.717) is 0 Å². The van der Waals surface area contributed by atoms with Gasteiger partial charge in [-0.25, -0.2) is 0 Å². The van der Waals surface area contributed by atoms with Crippen molar-refractivity contribution >= 4 is 17.3 Å². The molecular formula is C12H15NO3. The molecule has 0 aromatic heterocycles. The molecule has 0 bridgehead atoms. The van der Waals surface area contributed by atoms with Crippen LogP contribution in [0.5, 0.6) is 0 Å². The largest absolute Gasteiger partial charge is 0.321 e. The van der Waals surface area contributed by atoms with Crippen LogP contribution in [0, 0.1) is 5.92 Å². The summed E-state index contributed by atoms with van der Waals surface area (Å²) in [4.78, 5) is 33.9. The van der Waals surface area contributed by atoms with Gasteiger partial charge in [-0.05, 0) is 18.2 Å². The highest BCUT2D eigenvalue weighted by molar-refractivity contribution is 6.03. The maximum absolute atomic E-state index is 11.5. The maximum atomic E-state index is 11.5. The van der Waals surface area contributed by atoms with E-state index in [0.717, 1.165) is 18.2 Å². The second kappa shape index (κ2) is 6.63. The number of ketones is 3. The lowest BCUT2D eigenvalue weighted by Gasteiger charge is -2.17. The topological polar surface area (TPSA) is 77.2 Å². The molecule has 0 aliphatic rings. The van der Waals surface area contributed by atoms with Crippen LogP contribution in [-0.4, -0.2) is 23.4 Å². The van der Waals surface area contributed by atoms with Crippen molar-refractivity contribution in [3.63, 3.8) is 0 Å². The van der Waals surface area contributed by atoms with Gasteiger partial charge in [-0.15, -0.1) is 0 Å². The Morgan fingerprint density at radius 3 is 1.88 bits per heavy atom. The molecule has 0 spiro atoms. The summed E-state index contributed by atoms with van der Waals surface area (Å²) in [5, 5.41) is 0. The smallest absolute Gasteiger partial charge is 0.172 e. The summed E-state index contributed by atoms with van der Waals surface area (Å²) in [5.74, 6) is -2.14. The monoisotopic (exact) mass is 221 g/mol. The van der Waals surface area contributed by atoms with Crippen LogP contribution < -0.4 is 5.73 Å². The van der Waals surface area contributed by atoms with Crippen molar-refractivity contribution in [3.8, 4) is 0 Å². The fourth-order valence-corrected chi connectivity index (χ4v) is 1.19. The van der Waals surface area contributed by atoms with E-state index in [1.54, 1.807) is 0 Å². The Balaban J connectivity index is 4.92. The van der Waals surface area contributed by atoms with Crippen molar-refractivity contribution in [2.45, 2.75) is 12.5 Å². The van der Waals surface area contributed by atoms with Crippen molar-refractivity contribution in [1.29, 1.82) is 0 Å². The minimum absolute atomic E-state index is 0.144. The molecule has 2 unspecified atom stereocenters. The Morgan fingerprint density at radius 1 is 1.00 bits per heavy atom. The predicted molar refractivity (Wildman–Crippen MR) is 61.7 cm³/mol. The third kappa shape index (κ3) is 3.74. The Kier molecular flexibility index (Phi) is 5.88. The normalized spacial score (nSPS) is 13.3. The van der Waals surface area contributed by atoms with E-state index in [2.05, 4.69) is 19.7 Å². The number of carbonyl (C=O) groups is 3. The zero-order valence-corrected chi connectivity index (χ0v) is 9.02. The molecule has 0 radical (unpaired) electrons. The summed E-state index contributed by atoms with van der Waals surface area (Å²) in [6.45, 7) is 9.87. The number of hydrogen-bond donors (Lipinski definition) is 1. The third-order valence-corrected chi connectivity index (χ3v) is 2.18. The van der Waals surface area contributed by atoms with E-state index in [1.165, 1.54) is 0 Å². The van der Waals surface area contributed by atoms with Gasteiger partial charge in [-0.1, -0.05) is 19.7 Å². The molecule has 0 amide bonds. The molecule has 0 aliphatic carbocycles. The predicted octanol–water partition coefficient (Wildman–Crippen LogP) is 0.585. The molecule has 0 fully saturated rings. The number of carbonyl (C=O) groups excluding carboxylic acids is 3. The standard InChI is InChI=1S/C12H15NO3/c1-4-8(14)7-9(10(15)5-2)12(13)11(16)6-3/h4-6,9,12H,1-3,7,13H2. The molecular weight excluding hydrogens is 206 g/mol. The first-order chi connectivity index (χ1) is 7.47. The van der Waals surface area contributed by atoms with Crippen LogP contribution in [0.4, 0.5) is 0 Å². The molecule has 4 nitrogen and oxygen atoms in total. The number of hydrogen-bond acceptors (Lipinski definition) is 4. The Morgan fingerprint density at radius 2 is 1.50 bits per heavy atom. The molecule has 16 heavy (non-hydrogen) atoms. The lowest BCUT2D eigenvalue weighted by atomic mass is 9.88. The zero-order chi connectivity index (χ0) is 12.7. The molecule has 0 rings (SSSR count). The Hall–Kier alpha value is -1.81. The van der Waals surface area contributed by atoms with Crippen LogP contribution >= 0.6 is 0 Å². The van der Waals surface area contributed by atoms with E-state index in [4.69, 9.17) is 5.73 Å². The minimum Gasteiger partial charge on any atom is -0.321 e. The quantitative estimate of drug-likeness (QED) is 0.608. The molecule has 0 saturated heterocycles. The second-order valence-electron chi connectivity index (χ2n) is 3.22. The maximum Gasteiger partial charge on any atom is 0.172 e. The number of nitrogens with two attached hydrogens (primary N) is 1. The lowest BCUT2D eigenvalue weighted by molar-refractivity contribution is -0.127. The number of rotatable bonds is 8. The highest BCUT2D eigenvalue weighted by atomic mass is 16.1. The van der Waals surface area contributed by atoms with Gasteiger partial charge >= 0.3 is 0 Å². The van der Waals surface area contributed by atoms with Gasteiger partial charge in [0.05, 0.1) is 12.0 Å². The highest BCUT2D eigenvalue weighted by Crippen LogP contribution is 2.12. The van der Waals surface area contributed by atoms with Crippen LogP contribution in [0.25, 0.3) is 0 Å². The van der Waals surface area contributed by atoms with Gasteiger partial charge in [0.1, 0.15) is 0 Å². The minimum atomic E-state index is -1.06. The van der Waals surface area contributed by atoms with E-state index in [9.17, 15) is 14.4 Å². The lowest BCUT2D eigenvalue weighted by Crippen LogP contribution is -2.41. The molecule has 0 aromatic rings. The van der Waals surface area contributed by atoms with Gasteiger partial charge in [0.15, 0.2) is 17.3 Å². The molecule has 0 saturated carbocycles. The third-order valence-electron chi connectivity index (χ3n) is 2.18. The molecule has 0 heterocycles. The fourth-order valence-electron chi connectivity index (χ4n) is 1.19. The first-order valence-corrected chi connectivity index (χ1v) is 4.71. The zero-order valence-electron chi connectivity index (χ0n) is 9.02. The van der Waals surface area contributed by atoms with Crippen LogP contribution in [0.15, 0.2) is 38.0 Å². The summed E-state index contributed by atoms with van der Waals surface area (Å²) in [6, 6.07) is -1.06. The molecule has 4 heteroatoms. The SMILES string of the molecule is C=CC(=O)CC(C(=O)C=C)C(N)C(=O)C=C. The van der Waals surface area contributed by atoms with E-state index in [1.807, 2.05) is 0 Å². The van der Waals surface area contributed by atoms with Crippen molar-refractivity contribution in [2.24, 2.45) is 11.7 Å². The van der Waals surface area contributed by atoms with Crippen molar-refractivity contribution in [2.75, 3.05) is 0 Å². The number of allylic oxidation sites excluding steroid dienone is 2. The van der Waals surface area contributed by atoms with Gasteiger partial charge in [0, 0.05) is 6.42 Å². The van der Waals surface area contributed by atoms with E-state index < -0.39 is 23.5 Å². The molecule has 86 valence electrons. The van der Waals surface area contributed by atoms with Crippen LogP contribution in [0.3, 0.4) is 0 Å². The second-order valence-corrected chi connectivity index (χ2v) is 3.22. The van der Waals surface area contributed by atoms with E-state index >= 15 is 0 Å². The first-order valence-electron chi connectivity index (χ1n) is 4.71. The summed E-state index contributed by atoms with van der Waals surface area (Å²) < 4.78 is 0. The van der Waals surface area contributed by atoms with Crippen molar-refractivity contribution in [3.05, 3.63) is 38.0 Å². The molecule has 0 aromatic carbocycles. The Bertz CT molecular complexity index is 344. The van der Waals surface area contributed by atoms with Crippen molar-refractivity contribution in [1.82, 2.24) is 0 Å². The first kappa shape index (κ1) is 14.2. The average Bonchev–Trinajstić information content (AvgIpc) is 2.32. The van der Waals surface area contributed by atoms with Gasteiger partial charge in [0.25, 0.3) is 0 Å². The highest BCUT2D eigenvalue weighted by Gasteiger charge is 2.28. The Labute approximate surface area is 94.5 Å². The van der Waals surface area contributed by atoms with Crippen LogP contribution in [-0.2, 0) is 14.4 Å². The summed E-state index contributed by atoms with van der Waals surface area (Å²) in [7, 11) is 0. The van der Waals surface area contributed by atoms with E-state index in [-0.39, 0.29) is 12.2 Å². The van der Waals surface area contributed by atoms with Gasteiger partial charge < -0.3 is 5.73 Å². The van der Waals surface area contributed by atoms with Crippen molar-refractivity contribution < 1.29 is 14.4 Å². The van der Waals surface area contributed by atoms with Gasteiger partial charge in [0.2, 0.25) is 0 Å². The summed E-state index contributed by atoms with van der Waals surface area (Å²) in [5.41, 5.74) is 5.58. The van der Waals surface area contributed by atoms with Gasteiger partial charge in [-0.2, -0.15) is 0 Å². The van der Waals surface area contributed by atoms with Crippen LogP contribution in [0.2, 0.25) is 0 Å². The average molecular weight is 221 g/mol. The summed E-state index contributed by atoms with van der Waals surface area (Å²) >= 11 is 0. The molecule has 2 N–H and O–H groups in total. The van der Waals surface area contributed by atoms with Crippen LogP contribution in [0.1, 0.15) is 6.42 Å². The fraction of sp³-hybridized carbons (Fsp3) is 0.250. The molecule has 0 aliphatic heterocycles. The molecule has 2 atom stereocenters.